The minimum atomic E-state index is -4.02. The second kappa shape index (κ2) is 9.54. The molecule has 29 heavy (non-hydrogen) atoms. The molecule has 0 fully saturated rings. The quantitative estimate of drug-likeness (QED) is 0.122. The summed E-state index contributed by atoms with van der Waals surface area (Å²) < 4.78 is 39.6. The molecule has 0 aromatic heterocycles. The van der Waals surface area contributed by atoms with Crippen molar-refractivity contribution in [3.05, 3.63) is 47.5 Å². The summed E-state index contributed by atoms with van der Waals surface area (Å²) in [6.45, 7) is 1.84. The molecule has 11 nitrogen and oxygen atoms in total. The SMILES string of the molecule is COc1cc(O)c(/C(=N\N)C(N)(N)O)c(OC)c1.Cc1ccc(S(=O)(=O)O)cc1. The fourth-order valence-corrected chi connectivity index (χ4v) is 2.65. The maximum atomic E-state index is 10.5. The van der Waals surface area contributed by atoms with E-state index in [0.717, 1.165) is 5.56 Å². The van der Waals surface area contributed by atoms with Gasteiger partial charge in [-0.1, -0.05) is 17.7 Å². The largest absolute Gasteiger partial charge is 0.507 e. The van der Waals surface area contributed by atoms with Crippen LogP contribution in [0.5, 0.6) is 17.2 Å². The highest BCUT2D eigenvalue weighted by molar-refractivity contribution is 7.85. The minimum Gasteiger partial charge on any atom is -0.507 e. The van der Waals surface area contributed by atoms with Crippen LogP contribution in [0.15, 0.2) is 46.4 Å². The fraction of sp³-hybridized carbons (Fsp3) is 0.235. The number of aromatic hydroxyl groups is 1. The maximum absolute atomic E-state index is 10.5. The number of nitrogens with two attached hydrogens (primary N) is 3. The minimum absolute atomic E-state index is 0.00620. The van der Waals surface area contributed by atoms with Gasteiger partial charge in [-0.15, -0.1) is 0 Å². The van der Waals surface area contributed by atoms with E-state index in [9.17, 15) is 18.6 Å². The van der Waals surface area contributed by atoms with Crippen LogP contribution in [-0.2, 0) is 10.1 Å². The Hall–Kier alpha value is -2.90. The standard InChI is InChI=1S/C10H16N4O4.C7H8O3S/c1-17-5-3-6(15)8(7(4-5)18-2)9(14-13)10(11,12)16;1-6-2-4-7(5-3-6)11(8,9)10/h3-4,15-16H,11-13H2,1-2H3;2-5H,1H3,(H,8,9,10)/b14-9+;. The summed E-state index contributed by atoms with van der Waals surface area (Å²) in [7, 11) is -1.24. The van der Waals surface area contributed by atoms with E-state index in [1.54, 1.807) is 12.1 Å². The molecule has 0 aliphatic rings. The lowest BCUT2D eigenvalue weighted by molar-refractivity contribution is 0.127. The van der Waals surface area contributed by atoms with Crippen LogP contribution in [0.1, 0.15) is 11.1 Å². The molecule has 0 saturated heterocycles. The molecule has 0 spiro atoms. The van der Waals surface area contributed by atoms with E-state index in [1.807, 2.05) is 6.92 Å². The van der Waals surface area contributed by atoms with E-state index < -0.39 is 16.0 Å². The van der Waals surface area contributed by atoms with E-state index in [4.69, 9.17) is 31.3 Å². The average Bonchev–Trinajstić information content (AvgIpc) is 2.62. The number of nitrogens with zero attached hydrogens (tertiary/aromatic N) is 1. The Balaban J connectivity index is 0.000000326. The highest BCUT2D eigenvalue weighted by Crippen LogP contribution is 2.34. The van der Waals surface area contributed by atoms with Gasteiger partial charge in [0.1, 0.15) is 23.0 Å². The Morgan fingerprint density at radius 1 is 1.10 bits per heavy atom. The van der Waals surface area contributed by atoms with Crippen LogP contribution in [0, 0.1) is 6.92 Å². The van der Waals surface area contributed by atoms with Gasteiger partial charge in [-0.3, -0.25) is 16.0 Å². The molecule has 0 bridgehead atoms. The molecule has 0 aliphatic carbocycles. The normalized spacial score (nSPS) is 12.0. The zero-order valence-corrected chi connectivity index (χ0v) is 16.8. The Labute approximate surface area is 168 Å². The second-order valence-electron chi connectivity index (χ2n) is 5.81. The molecule has 0 saturated carbocycles. The van der Waals surface area contributed by atoms with Crippen LogP contribution in [0.3, 0.4) is 0 Å². The first-order chi connectivity index (χ1) is 13.3. The fourth-order valence-electron chi connectivity index (χ4n) is 2.17. The molecule has 2 rings (SSSR count). The van der Waals surface area contributed by atoms with E-state index in [0.29, 0.717) is 5.75 Å². The third-order valence-corrected chi connectivity index (χ3v) is 4.44. The summed E-state index contributed by atoms with van der Waals surface area (Å²) in [6.07, 6.45) is 0. The topological polar surface area (TPSA) is 204 Å². The lowest BCUT2D eigenvalue weighted by Crippen LogP contribution is -2.57. The number of aryl methyl sites for hydroxylation is 1. The molecular weight excluding hydrogens is 404 g/mol. The van der Waals surface area contributed by atoms with Gasteiger partial charge < -0.3 is 25.5 Å². The molecule has 0 radical (unpaired) electrons. The summed E-state index contributed by atoms with van der Waals surface area (Å²) in [5.74, 6) is 3.03. The van der Waals surface area contributed by atoms with Crippen molar-refractivity contribution in [3.63, 3.8) is 0 Å². The van der Waals surface area contributed by atoms with Gasteiger partial charge in [-0.05, 0) is 19.1 Å². The molecule has 0 atom stereocenters. The second-order valence-corrected chi connectivity index (χ2v) is 7.24. The molecule has 2 aromatic rings. The van der Waals surface area contributed by atoms with Gasteiger partial charge in [0.2, 0.25) is 5.85 Å². The van der Waals surface area contributed by atoms with Gasteiger partial charge in [0, 0.05) is 12.1 Å². The van der Waals surface area contributed by atoms with E-state index in [1.165, 1.54) is 38.5 Å². The number of aliphatic hydroxyl groups is 1. The molecular formula is C17H24N4O7S. The molecule has 0 amide bonds. The highest BCUT2D eigenvalue weighted by Gasteiger charge is 2.30. The summed E-state index contributed by atoms with van der Waals surface area (Å²) in [6, 6.07) is 8.74. The van der Waals surface area contributed by atoms with Crippen LogP contribution in [0.2, 0.25) is 0 Å². The van der Waals surface area contributed by atoms with Crippen molar-refractivity contribution in [2.24, 2.45) is 22.4 Å². The van der Waals surface area contributed by atoms with Crippen LogP contribution in [0.25, 0.3) is 0 Å². The molecule has 0 heterocycles. The number of phenolic OH excluding ortho intramolecular Hbond substituents is 1. The number of hydrazone groups is 1. The lowest BCUT2D eigenvalue weighted by Gasteiger charge is -2.21. The molecule has 0 aliphatic heterocycles. The van der Waals surface area contributed by atoms with E-state index in [-0.39, 0.29) is 27.7 Å². The number of methoxy groups -OCH3 is 2. The maximum Gasteiger partial charge on any atom is 0.294 e. The van der Waals surface area contributed by atoms with Crippen molar-refractivity contribution >= 4 is 15.8 Å². The van der Waals surface area contributed by atoms with Crippen molar-refractivity contribution in [3.8, 4) is 17.2 Å². The number of hydrogen-bond acceptors (Lipinski definition) is 10. The monoisotopic (exact) mass is 428 g/mol. The molecule has 2 aromatic carbocycles. The van der Waals surface area contributed by atoms with Crippen molar-refractivity contribution in [2.75, 3.05) is 14.2 Å². The van der Waals surface area contributed by atoms with Crippen molar-refractivity contribution in [1.82, 2.24) is 0 Å². The van der Waals surface area contributed by atoms with E-state index >= 15 is 0 Å². The number of rotatable bonds is 5. The van der Waals surface area contributed by atoms with Gasteiger partial charge in [-0.2, -0.15) is 13.5 Å². The van der Waals surface area contributed by atoms with Crippen LogP contribution in [-0.4, -0.2) is 49.0 Å². The zero-order valence-electron chi connectivity index (χ0n) is 16.0. The number of hydrogen-bond donors (Lipinski definition) is 6. The Morgan fingerprint density at radius 2 is 1.66 bits per heavy atom. The third kappa shape index (κ3) is 6.58. The molecule has 160 valence electrons. The highest BCUT2D eigenvalue weighted by atomic mass is 32.2. The van der Waals surface area contributed by atoms with Crippen LogP contribution >= 0.6 is 0 Å². The summed E-state index contributed by atoms with van der Waals surface area (Å²) in [5.41, 5.74) is 11.2. The summed E-state index contributed by atoms with van der Waals surface area (Å²) >= 11 is 0. The van der Waals surface area contributed by atoms with Gasteiger partial charge in [0.15, 0.2) is 0 Å². The predicted molar refractivity (Wildman–Crippen MR) is 106 cm³/mol. The van der Waals surface area contributed by atoms with Gasteiger partial charge >= 0.3 is 0 Å². The zero-order chi connectivity index (χ0) is 22.4. The first-order valence-electron chi connectivity index (χ1n) is 7.93. The van der Waals surface area contributed by atoms with Gasteiger partial charge in [0.05, 0.1) is 24.7 Å². The predicted octanol–water partition coefficient (Wildman–Crippen LogP) is -0.123. The first-order valence-corrected chi connectivity index (χ1v) is 9.37. The smallest absolute Gasteiger partial charge is 0.294 e. The van der Waals surface area contributed by atoms with E-state index in [2.05, 4.69) is 5.10 Å². The Bertz CT molecular complexity index is 969. The molecule has 12 heteroatoms. The van der Waals surface area contributed by atoms with Gasteiger partial charge in [-0.25, -0.2) is 0 Å². The van der Waals surface area contributed by atoms with Crippen LogP contribution in [0.4, 0.5) is 0 Å². The summed E-state index contributed by atoms with van der Waals surface area (Å²) in [5, 5.41) is 22.7. The number of phenols is 1. The molecule has 9 N–H and O–H groups in total. The lowest BCUT2D eigenvalue weighted by atomic mass is 10.0. The van der Waals surface area contributed by atoms with Crippen molar-refractivity contribution in [2.45, 2.75) is 17.7 Å². The van der Waals surface area contributed by atoms with Crippen molar-refractivity contribution < 1.29 is 32.7 Å². The van der Waals surface area contributed by atoms with Crippen LogP contribution < -0.4 is 26.8 Å². The van der Waals surface area contributed by atoms with Gasteiger partial charge in [0.25, 0.3) is 10.1 Å². The number of benzene rings is 2. The summed E-state index contributed by atoms with van der Waals surface area (Å²) in [4.78, 5) is -0.0666. The Kier molecular flexibility index (Phi) is 7.94. The average molecular weight is 428 g/mol. The Morgan fingerprint density at radius 3 is 2.03 bits per heavy atom. The number of ether oxygens (including phenoxy) is 2. The third-order valence-electron chi connectivity index (χ3n) is 3.57. The first kappa shape index (κ1) is 24.1. The molecule has 0 unspecified atom stereocenters. The van der Waals surface area contributed by atoms with Crippen molar-refractivity contribution in [1.29, 1.82) is 0 Å².